The lowest BCUT2D eigenvalue weighted by Crippen LogP contribution is -2.49. The van der Waals surface area contributed by atoms with Crippen LogP contribution in [-0.4, -0.2) is 60.6 Å². The monoisotopic (exact) mass is 665 g/mol. The van der Waals surface area contributed by atoms with Crippen LogP contribution < -0.4 is 14.4 Å². The van der Waals surface area contributed by atoms with E-state index in [-0.39, 0.29) is 24.0 Å². The van der Waals surface area contributed by atoms with Crippen molar-refractivity contribution in [3.63, 3.8) is 0 Å². The number of hydrogen-bond donors (Lipinski definition) is 2. The number of ether oxygens (including phenoxy) is 2. The molecule has 5 atom stereocenters. The number of anilines is 1. The molecule has 3 aromatic rings. The minimum atomic E-state index is -3.89. The third kappa shape index (κ3) is 6.16. The van der Waals surface area contributed by atoms with E-state index >= 15 is 0 Å². The summed E-state index contributed by atoms with van der Waals surface area (Å²) >= 11 is 6.43. The second-order valence-electron chi connectivity index (χ2n) is 13.3. The molecule has 0 radical (unpaired) electrons. The van der Waals surface area contributed by atoms with Crippen molar-refractivity contribution in [2.45, 2.75) is 75.2 Å². The van der Waals surface area contributed by atoms with Gasteiger partial charge in [-0.1, -0.05) is 29.8 Å². The van der Waals surface area contributed by atoms with Crippen LogP contribution in [0.5, 0.6) is 5.75 Å². The first-order valence-corrected chi connectivity index (χ1v) is 18.1. The van der Waals surface area contributed by atoms with Crippen LogP contribution >= 0.6 is 11.6 Å². The number of benzene rings is 2. The van der Waals surface area contributed by atoms with Gasteiger partial charge in [-0.15, -0.1) is 0 Å². The van der Waals surface area contributed by atoms with Crippen LogP contribution in [0.15, 0.2) is 54.9 Å². The van der Waals surface area contributed by atoms with Gasteiger partial charge in [0.1, 0.15) is 18.7 Å². The molecule has 2 aliphatic carbocycles. The molecule has 7 rings (SSSR count). The number of carbonyl (C=O) groups is 1. The normalized spacial score (nSPS) is 29.8. The molecule has 0 saturated heterocycles. The SMILES string of the molecule is C[C@@H]1CC/C=C/[C@H](OCc2nc[nH]n2)[C@@H]2CC[C@H]2CN2C[C@@]3(CCCc4cc(Cl)ccc43)COc3ccc(cc32)C(=O)NS1(=O)=O. The fraction of sp³-hybridized carbons (Fsp3) is 0.500. The standard InChI is InChI=1S/C34H40ClN5O5S/c1-22-5-2-3-7-30(44-18-32-36-21-37-38-32)27-11-8-25(27)17-40-19-34(14-4-6-23-15-26(35)10-12-28(23)34)20-45-31-13-9-24(16-29(31)40)33(41)39-46(22,42)43/h3,7,9-10,12-13,15-16,21-22,25,27,30H,2,4-6,8,11,14,17-20H2,1H3,(H,39,41)(H,36,37,38)/b7-3+/t22-,25+,27-,30+,34+/m1/s1. The van der Waals surface area contributed by atoms with Gasteiger partial charge in [0, 0.05) is 29.1 Å². The number of aryl methyl sites for hydroxylation is 1. The average Bonchev–Trinajstić information content (AvgIpc) is 3.50. The minimum Gasteiger partial charge on any atom is -0.490 e. The van der Waals surface area contributed by atoms with E-state index in [9.17, 15) is 13.2 Å². The van der Waals surface area contributed by atoms with E-state index < -0.39 is 21.2 Å². The molecule has 1 amide bonds. The molecule has 2 N–H and O–H groups in total. The molecule has 0 unspecified atom stereocenters. The molecule has 1 spiro atoms. The molecule has 1 aromatic heterocycles. The van der Waals surface area contributed by atoms with Crippen LogP contribution in [-0.2, 0) is 33.2 Å². The van der Waals surface area contributed by atoms with Gasteiger partial charge in [-0.2, -0.15) is 5.10 Å². The predicted octanol–water partition coefficient (Wildman–Crippen LogP) is 5.34. The number of halogens is 1. The molecule has 2 aliphatic heterocycles. The van der Waals surface area contributed by atoms with Crippen molar-refractivity contribution in [2.75, 3.05) is 24.6 Å². The Kier molecular flexibility index (Phi) is 8.58. The summed E-state index contributed by atoms with van der Waals surface area (Å²) in [7, 11) is -3.89. The topological polar surface area (TPSA) is 127 Å². The zero-order chi connectivity index (χ0) is 31.9. The largest absolute Gasteiger partial charge is 0.490 e. The van der Waals surface area contributed by atoms with Gasteiger partial charge in [-0.3, -0.25) is 9.89 Å². The van der Waals surface area contributed by atoms with E-state index in [1.165, 1.54) is 11.1 Å². The van der Waals surface area contributed by atoms with Crippen molar-refractivity contribution in [3.8, 4) is 5.75 Å². The Balaban J connectivity index is 1.27. The van der Waals surface area contributed by atoms with Gasteiger partial charge in [-0.05, 0) is 105 Å². The Bertz CT molecular complexity index is 1730. The molecule has 2 aromatic carbocycles. The molecule has 2 bridgehead atoms. The van der Waals surface area contributed by atoms with Gasteiger partial charge >= 0.3 is 0 Å². The number of rotatable bonds is 3. The van der Waals surface area contributed by atoms with Crippen LogP contribution in [0.1, 0.15) is 72.8 Å². The van der Waals surface area contributed by atoms with Crippen LogP contribution in [0.4, 0.5) is 5.69 Å². The van der Waals surface area contributed by atoms with E-state index in [1.807, 2.05) is 18.2 Å². The number of H-pyrrole nitrogens is 1. The number of fused-ring (bicyclic) bond motifs is 4. The molecule has 1 fully saturated rings. The third-order valence-corrected chi connectivity index (χ3v) is 12.4. The summed E-state index contributed by atoms with van der Waals surface area (Å²) in [6.07, 6.45) is 11.4. The van der Waals surface area contributed by atoms with E-state index in [2.05, 4.69) is 43.0 Å². The Hall–Kier alpha value is -3.41. The number of allylic oxidation sites excluding steroid dienone is 1. The first-order valence-electron chi connectivity index (χ1n) is 16.2. The van der Waals surface area contributed by atoms with E-state index in [0.717, 1.165) is 49.4 Å². The van der Waals surface area contributed by atoms with Crippen LogP contribution in [0, 0.1) is 11.8 Å². The lowest BCUT2D eigenvalue weighted by molar-refractivity contribution is -0.0248. The summed E-state index contributed by atoms with van der Waals surface area (Å²) in [5.41, 5.74) is 3.36. The van der Waals surface area contributed by atoms with Crippen molar-refractivity contribution >= 4 is 33.2 Å². The maximum Gasteiger partial charge on any atom is 0.264 e. The summed E-state index contributed by atoms with van der Waals surface area (Å²) in [6, 6.07) is 11.5. The van der Waals surface area contributed by atoms with Crippen LogP contribution in [0.2, 0.25) is 5.02 Å². The summed E-state index contributed by atoms with van der Waals surface area (Å²) in [5.74, 6) is 1.26. The smallest absolute Gasteiger partial charge is 0.264 e. The second kappa shape index (κ2) is 12.7. The van der Waals surface area contributed by atoms with Crippen LogP contribution in [0.25, 0.3) is 0 Å². The van der Waals surface area contributed by atoms with Crippen molar-refractivity contribution in [2.24, 2.45) is 11.8 Å². The zero-order valence-corrected chi connectivity index (χ0v) is 27.5. The van der Waals surface area contributed by atoms with Gasteiger partial charge in [0.25, 0.3) is 5.91 Å². The fourth-order valence-electron chi connectivity index (χ4n) is 7.60. The molecule has 12 heteroatoms. The second-order valence-corrected chi connectivity index (χ2v) is 15.8. The highest BCUT2D eigenvalue weighted by molar-refractivity contribution is 7.90. The lowest BCUT2D eigenvalue weighted by atomic mass is 9.68. The number of nitrogens with one attached hydrogen (secondary N) is 2. The first-order chi connectivity index (χ1) is 22.2. The van der Waals surface area contributed by atoms with Gasteiger partial charge in [0.2, 0.25) is 10.0 Å². The average molecular weight is 666 g/mol. The number of carbonyl (C=O) groups excluding carboxylic acids is 1. The van der Waals surface area contributed by atoms with Gasteiger partial charge in [-0.25, -0.2) is 18.1 Å². The number of nitrogens with zero attached hydrogens (tertiary/aromatic N) is 3. The minimum absolute atomic E-state index is 0.169. The highest BCUT2D eigenvalue weighted by Crippen LogP contribution is 2.47. The number of sulfonamides is 1. The van der Waals surface area contributed by atoms with E-state index in [0.29, 0.717) is 49.0 Å². The van der Waals surface area contributed by atoms with Crippen molar-refractivity contribution in [3.05, 3.63) is 82.4 Å². The fourth-order valence-corrected chi connectivity index (χ4v) is 8.81. The Morgan fingerprint density at radius 1 is 1.17 bits per heavy atom. The molecule has 46 heavy (non-hydrogen) atoms. The van der Waals surface area contributed by atoms with E-state index in [1.54, 1.807) is 25.4 Å². The van der Waals surface area contributed by atoms with Gasteiger partial charge in [0.15, 0.2) is 5.82 Å². The maximum atomic E-state index is 13.4. The third-order valence-electron chi connectivity index (χ3n) is 10.4. The lowest BCUT2D eigenvalue weighted by Gasteiger charge is -2.46. The summed E-state index contributed by atoms with van der Waals surface area (Å²) in [4.78, 5) is 20.0. The molecule has 244 valence electrons. The Morgan fingerprint density at radius 2 is 2.07 bits per heavy atom. The Labute approximate surface area is 275 Å². The van der Waals surface area contributed by atoms with E-state index in [4.69, 9.17) is 21.1 Å². The highest BCUT2D eigenvalue weighted by atomic mass is 35.5. The molecular formula is C34H40ClN5O5S. The quantitative estimate of drug-likeness (QED) is 0.359. The summed E-state index contributed by atoms with van der Waals surface area (Å²) < 4.78 is 41.7. The number of aromatic amines is 1. The van der Waals surface area contributed by atoms with Crippen molar-refractivity contribution in [1.29, 1.82) is 0 Å². The van der Waals surface area contributed by atoms with Crippen molar-refractivity contribution < 1.29 is 22.7 Å². The molecule has 4 aliphatic rings. The van der Waals surface area contributed by atoms with Crippen molar-refractivity contribution in [1.82, 2.24) is 19.9 Å². The van der Waals surface area contributed by atoms with Crippen LogP contribution in [0.3, 0.4) is 0 Å². The predicted molar refractivity (Wildman–Crippen MR) is 176 cm³/mol. The number of amides is 1. The summed E-state index contributed by atoms with van der Waals surface area (Å²) in [6.45, 7) is 3.87. The molecule has 1 saturated carbocycles. The number of hydrogen-bond acceptors (Lipinski definition) is 8. The first kappa shape index (κ1) is 31.2. The molecular weight excluding hydrogens is 626 g/mol. The van der Waals surface area contributed by atoms with Gasteiger partial charge < -0.3 is 14.4 Å². The summed E-state index contributed by atoms with van der Waals surface area (Å²) in [5, 5.41) is 6.89. The van der Waals surface area contributed by atoms with Gasteiger partial charge in [0.05, 0.1) is 23.6 Å². The maximum absolute atomic E-state index is 13.4. The highest BCUT2D eigenvalue weighted by Gasteiger charge is 2.44. The Morgan fingerprint density at radius 3 is 2.87 bits per heavy atom. The molecule has 3 heterocycles. The zero-order valence-electron chi connectivity index (χ0n) is 26.0. The molecule has 10 nitrogen and oxygen atoms in total. The number of aromatic nitrogens is 3.